The van der Waals surface area contributed by atoms with Gasteiger partial charge >= 0.3 is 11.9 Å². The van der Waals surface area contributed by atoms with Crippen LogP contribution in [-0.4, -0.2) is 71.8 Å². The van der Waals surface area contributed by atoms with Crippen LogP contribution in [0.1, 0.15) is 52.4 Å². The van der Waals surface area contributed by atoms with Crippen molar-refractivity contribution in [2.75, 3.05) is 26.8 Å². The van der Waals surface area contributed by atoms with Crippen molar-refractivity contribution in [2.24, 2.45) is 28.6 Å². The number of carbonyl (C=O) groups excluding carboxylic acids is 5. The number of Topliss-reactive ketones (excluding diaryl/α,β-unsaturated/α-hetero) is 2. The summed E-state index contributed by atoms with van der Waals surface area (Å²) in [6.07, 6.45) is 0.888. The van der Waals surface area contributed by atoms with Crippen LogP contribution in [0.25, 0.3) is 0 Å². The maximum absolute atomic E-state index is 14.4. The molecule has 9 nitrogen and oxygen atoms in total. The van der Waals surface area contributed by atoms with Crippen molar-refractivity contribution in [3.05, 3.63) is 11.1 Å². The van der Waals surface area contributed by atoms with Gasteiger partial charge < -0.3 is 19.5 Å². The number of aliphatic hydroxyl groups is 1. The quantitative estimate of drug-likeness (QED) is 0.601. The average Bonchev–Trinajstić information content (AvgIpc) is 3.11. The van der Waals surface area contributed by atoms with Crippen LogP contribution in [0, 0.1) is 28.6 Å². The zero-order chi connectivity index (χ0) is 24.6. The fraction of sp³-hybridized carbons (Fsp3) is 0.720. The molecule has 3 aliphatic carbocycles. The smallest absolute Gasteiger partial charge is 0.311 e. The van der Waals surface area contributed by atoms with Gasteiger partial charge in [-0.05, 0) is 42.7 Å². The lowest BCUT2D eigenvalue weighted by Crippen LogP contribution is -2.68. The van der Waals surface area contributed by atoms with Crippen molar-refractivity contribution in [1.29, 1.82) is 0 Å². The van der Waals surface area contributed by atoms with Crippen LogP contribution < -0.4 is 0 Å². The number of methoxy groups -OCH3 is 1. The minimum Gasteiger partial charge on any atom is -0.469 e. The summed E-state index contributed by atoms with van der Waals surface area (Å²) in [7, 11) is 1.24. The molecule has 1 spiro atoms. The van der Waals surface area contributed by atoms with Crippen molar-refractivity contribution in [3.8, 4) is 0 Å². The molecule has 4 bridgehead atoms. The van der Waals surface area contributed by atoms with E-state index in [-0.39, 0.29) is 74.6 Å². The monoisotopic (exact) mass is 473 g/mol. The lowest BCUT2D eigenvalue weighted by molar-refractivity contribution is -0.182. The van der Waals surface area contributed by atoms with E-state index in [2.05, 4.69) is 0 Å². The molecule has 6 aliphatic rings. The number of fused-ring (bicyclic) bond motifs is 4. The third kappa shape index (κ3) is 2.73. The Bertz CT molecular complexity index is 1050. The highest BCUT2D eigenvalue weighted by molar-refractivity contribution is 6.03. The summed E-state index contributed by atoms with van der Waals surface area (Å²) in [5.41, 5.74) is -3.33. The summed E-state index contributed by atoms with van der Waals surface area (Å²) >= 11 is 0. The highest BCUT2D eigenvalue weighted by atomic mass is 16.5. The number of ether oxygens (including phenoxy) is 2. The van der Waals surface area contributed by atoms with Gasteiger partial charge in [0.2, 0.25) is 5.91 Å². The summed E-state index contributed by atoms with van der Waals surface area (Å²) < 4.78 is 10.6. The molecular formula is C25H31NO8. The van der Waals surface area contributed by atoms with Gasteiger partial charge in [0.25, 0.3) is 0 Å². The number of carbonyl (C=O) groups is 5. The van der Waals surface area contributed by atoms with Gasteiger partial charge in [-0.1, -0.05) is 6.92 Å². The zero-order valence-corrected chi connectivity index (χ0v) is 19.8. The molecule has 6 atom stereocenters. The summed E-state index contributed by atoms with van der Waals surface area (Å²) in [6, 6.07) is 0. The normalized spacial score (nSPS) is 41.0. The first-order valence-corrected chi connectivity index (χ1v) is 12.0. The van der Waals surface area contributed by atoms with Crippen LogP contribution in [0.15, 0.2) is 11.1 Å². The molecule has 3 unspecified atom stereocenters. The molecule has 0 radical (unpaired) electrons. The van der Waals surface area contributed by atoms with Gasteiger partial charge in [-0.15, -0.1) is 0 Å². The summed E-state index contributed by atoms with van der Waals surface area (Å²) in [5.74, 6) is -3.14. The highest BCUT2D eigenvalue weighted by Gasteiger charge is 2.78. The zero-order valence-electron chi connectivity index (χ0n) is 19.8. The van der Waals surface area contributed by atoms with Gasteiger partial charge in [0, 0.05) is 44.2 Å². The lowest BCUT2D eigenvalue weighted by Gasteiger charge is -2.62. The van der Waals surface area contributed by atoms with Crippen LogP contribution in [-0.2, 0) is 33.4 Å². The highest BCUT2D eigenvalue weighted by Crippen LogP contribution is 2.72. The van der Waals surface area contributed by atoms with Crippen molar-refractivity contribution in [3.63, 3.8) is 0 Å². The van der Waals surface area contributed by atoms with E-state index in [9.17, 15) is 29.1 Å². The van der Waals surface area contributed by atoms with Crippen molar-refractivity contribution >= 4 is 29.4 Å². The topological polar surface area (TPSA) is 127 Å². The standard InChI is InChI=1S/C25H31NO8/c1-13-10-26-11-15-8-16-19(29)5-7-25(32)17(21(30)33-3)9-24(20(16)25,22(26)31)23(15,6-4-18(13)28)12-34-14(2)27/h13,15,17,32H,4-12H2,1-3H3/t13-,15?,17+,23?,24?,25+/m1/s1. The van der Waals surface area contributed by atoms with E-state index in [1.165, 1.54) is 14.0 Å². The maximum Gasteiger partial charge on any atom is 0.311 e. The predicted molar refractivity (Wildman–Crippen MR) is 116 cm³/mol. The Balaban J connectivity index is 1.81. The number of amides is 1. The fourth-order valence-electron chi connectivity index (χ4n) is 7.82. The predicted octanol–water partition coefficient (Wildman–Crippen LogP) is 0.967. The van der Waals surface area contributed by atoms with E-state index >= 15 is 0 Å². The van der Waals surface area contributed by atoms with Gasteiger partial charge in [0.1, 0.15) is 11.4 Å². The Labute approximate surface area is 197 Å². The van der Waals surface area contributed by atoms with Crippen LogP contribution in [0.3, 0.4) is 0 Å². The number of hydrogen-bond donors (Lipinski definition) is 1. The molecule has 4 fully saturated rings. The number of nitrogens with zero attached hydrogens (tertiary/aromatic N) is 1. The van der Waals surface area contributed by atoms with E-state index in [0.29, 0.717) is 24.1 Å². The maximum atomic E-state index is 14.4. The third-order valence-electron chi connectivity index (χ3n) is 9.37. The molecule has 0 aromatic heterocycles. The first kappa shape index (κ1) is 23.2. The Morgan fingerprint density at radius 1 is 1.15 bits per heavy atom. The van der Waals surface area contributed by atoms with Crippen LogP contribution in [0.5, 0.6) is 0 Å². The molecular weight excluding hydrogens is 442 g/mol. The fourth-order valence-corrected chi connectivity index (χ4v) is 7.82. The Hall–Kier alpha value is -2.55. The van der Waals surface area contributed by atoms with Gasteiger partial charge in [0.15, 0.2) is 5.78 Å². The minimum absolute atomic E-state index is 0.0231. The van der Waals surface area contributed by atoms with Crippen molar-refractivity contribution in [1.82, 2.24) is 4.90 Å². The Morgan fingerprint density at radius 2 is 1.88 bits per heavy atom. The minimum atomic E-state index is -1.69. The Kier molecular flexibility index (Phi) is 5.10. The van der Waals surface area contributed by atoms with Gasteiger partial charge in [-0.25, -0.2) is 0 Å². The van der Waals surface area contributed by atoms with Crippen LogP contribution in [0.4, 0.5) is 0 Å². The number of rotatable bonds is 3. The summed E-state index contributed by atoms with van der Waals surface area (Å²) in [5, 5.41) is 12.0. The van der Waals surface area contributed by atoms with Gasteiger partial charge in [-0.2, -0.15) is 0 Å². The second-order valence-corrected chi connectivity index (χ2v) is 10.8. The summed E-state index contributed by atoms with van der Waals surface area (Å²) in [6.45, 7) is 3.57. The van der Waals surface area contributed by atoms with E-state index in [1.807, 2.05) is 0 Å². The molecule has 3 saturated heterocycles. The van der Waals surface area contributed by atoms with Crippen LogP contribution >= 0.6 is 0 Å². The van der Waals surface area contributed by atoms with Gasteiger partial charge in [0.05, 0.1) is 25.0 Å². The second-order valence-electron chi connectivity index (χ2n) is 10.8. The molecule has 6 rings (SSSR count). The van der Waals surface area contributed by atoms with Crippen molar-refractivity contribution < 1.29 is 38.6 Å². The molecule has 3 heterocycles. The SMILES string of the molecule is COC(=O)[C@@H]1CC23C(=O)N4CC(CC5=C2[C@]1(O)CCC5=O)C3(COC(C)=O)CCC(=O)[C@H](C)C4. The molecule has 0 aromatic carbocycles. The Morgan fingerprint density at radius 3 is 2.56 bits per heavy atom. The molecule has 184 valence electrons. The van der Waals surface area contributed by atoms with E-state index in [4.69, 9.17) is 9.47 Å². The largest absolute Gasteiger partial charge is 0.469 e. The van der Waals surface area contributed by atoms with Gasteiger partial charge in [-0.3, -0.25) is 24.0 Å². The lowest BCUT2D eigenvalue weighted by atomic mass is 9.45. The molecule has 34 heavy (non-hydrogen) atoms. The first-order valence-electron chi connectivity index (χ1n) is 12.0. The molecule has 9 heteroatoms. The van der Waals surface area contributed by atoms with Crippen LogP contribution in [0.2, 0.25) is 0 Å². The summed E-state index contributed by atoms with van der Waals surface area (Å²) in [4.78, 5) is 67.1. The first-order chi connectivity index (χ1) is 16.0. The molecule has 1 saturated carbocycles. The number of hydrogen-bond acceptors (Lipinski definition) is 8. The number of ketones is 2. The molecule has 3 aliphatic heterocycles. The van der Waals surface area contributed by atoms with Crippen molar-refractivity contribution in [2.45, 2.75) is 58.0 Å². The van der Waals surface area contributed by atoms with E-state index in [0.717, 1.165) is 0 Å². The second kappa shape index (κ2) is 7.47. The van der Waals surface area contributed by atoms with E-state index in [1.54, 1.807) is 11.8 Å². The van der Waals surface area contributed by atoms with E-state index < -0.39 is 34.3 Å². The number of allylic oxidation sites excluding steroid dienone is 1. The number of esters is 2. The molecule has 0 aromatic rings. The number of piperidine rings is 1. The molecule has 1 amide bonds. The third-order valence-corrected chi connectivity index (χ3v) is 9.37. The molecule has 1 N–H and O–H groups in total. The average molecular weight is 474 g/mol.